The summed E-state index contributed by atoms with van der Waals surface area (Å²) in [5.41, 5.74) is -2.16. The molecule has 0 aliphatic heterocycles. The molecule has 0 aromatic heterocycles. The summed E-state index contributed by atoms with van der Waals surface area (Å²) in [7, 11) is 2.54. The Balaban J connectivity index is 2.45. The highest BCUT2D eigenvalue weighted by atomic mass is 79.9. The number of nitrogens with one attached hydrogen (secondary N) is 1. The van der Waals surface area contributed by atoms with E-state index >= 15 is 0 Å². The number of ether oxygens (including phenoxy) is 2. The van der Waals surface area contributed by atoms with Gasteiger partial charge in [0.2, 0.25) is 0 Å². The minimum absolute atomic E-state index is 0.0312. The summed E-state index contributed by atoms with van der Waals surface area (Å²) < 4.78 is 48.7. The molecule has 0 bridgehead atoms. The van der Waals surface area contributed by atoms with E-state index in [1.807, 2.05) is 0 Å². The number of nitro groups is 1. The van der Waals surface area contributed by atoms with Crippen molar-refractivity contribution in [3.8, 4) is 11.5 Å². The van der Waals surface area contributed by atoms with Gasteiger partial charge in [-0.2, -0.15) is 13.2 Å². The number of hydrogen-bond donors (Lipinski definition) is 1. The van der Waals surface area contributed by atoms with Crippen LogP contribution in [0.15, 0.2) is 34.8 Å². The number of benzene rings is 2. The highest BCUT2D eigenvalue weighted by molar-refractivity contribution is 9.10. The zero-order chi connectivity index (χ0) is 20.4. The molecule has 2 rings (SSSR count). The Morgan fingerprint density at radius 3 is 2.26 bits per heavy atom. The number of anilines is 1. The van der Waals surface area contributed by atoms with Gasteiger partial charge < -0.3 is 14.8 Å². The van der Waals surface area contributed by atoms with Crippen LogP contribution in [0.2, 0.25) is 0 Å². The number of amides is 1. The van der Waals surface area contributed by atoms with Gasteiger partial charge in [-0.15, -0.1) is 0 Å². The summed E-state index contributed by atoms with van der Waals surface area (Å²) in [6.45, 7) is 0. The second-order valence-corrected chi connectivity index (χ2v) is 5.98. The standard InChI is InChI=1S/C16H12BrF3N2O5/c1-26-13-6-9(12(22(24)25)7-14(13)27-2)15(23)21-8-3-4-11(17)10(5-8)16(18,19)20/h3-7H,1-2H3,(H,21,23). The minimum Gasteiger partial charge on any atom is -0.493 e. The number of methoxy groups -OCH3 is 2. The number of nitro benzene ring substituents is 1. The van der Waals surface area contributed by atoms with Crippen LogP contribution in [0.25, 0.3) is 0 Å². The second-order valence-electron chi connectivity index (χ2n) is 5.13. The third-order valence-electron chi connectivity index (χ3n) is 3.47. The first-order chi connectivity index (χ1) is 12.6. The molecule has 1 amide bonds. The molecule has 7 nitrogen and oxygen atoms in total. The topological polar surface area (TPSA) is 90.7 Å². The molecule has 27 heavy (non-hydrogen) atoms. The van der Waals surface area contributed by atoms with Crippen molar-refractivity contribution in [3.63, 3.8) is 0 Å². The summed E-state index contributed by atoms with van der Waals surface area (Å²) in [6, 6.07) is 5.13. The monoisotopic (exact) mass is 448 g/mol. The van der Waals surface area contributed by atoms with Gasteiger partial charge in [0.15, 0.2) is 11.5 Å². The molecule has 11 heteroatoms. The molecule has 0 fully saturated rings. The summed E-state index contributed by atoms with van der Waals surface area (Å²) in [5.74, 6) is -0.887. The lowest BCUT2D eigenvalue weighted by molar-refractivity contribution is -0.385. The van der Waals surface area contributed by atoms with Gasteiger partial charge in [-0.1, -0.05) is 15.9 Å². The molecule has 0 saturated heterocycles. The summed E-state index contributed by atoms with van der Waals surface area (Å²) >= 11 is 2.79. The molecular formula is C16H12BrF3N2O5. The van der Waals surface area contributed by atoms with Gasteiger partial charge in [-0.05, 0) is 18.2 Å². The van der Waals surface area contributed by atoms with Gasteiger partial charge in [0.05, 0.1) is 30.8 Å². The fraction of sp³-hybridized carbons (Fsp3) is 0.188. The predicted molar refractivity (Wildman–Crippen MR) is 93.3 cm³/mol. The maximum absolute atomic E-state index is 13.0. The number of rotatable bonds is 5. The number of hydrogen-bond acceptors (Lipinski definition) is 5. The maximum Gasteiger partial charge on any atom is 0.417 e. The smallest absolute Gasteiger partial charge is 0.417 e. The summed E-state index contributed by atoms with van der Waals surface area (Å²) in [4.78, 5) is 22.9. The van der Waals surface area contributed by atoms with Crippen LogP contribution in [-0.4, -0.2) is 25.1 Å². The molecule has 1 N–H and O–H groups in total. The normalized spacial score (nSPS) is 11.0. The molecule has 0 aliphatic carbocycles. The lowest BCUT2D eigenvalue weighted by Gasteiger charge is -2.13. The van der Waals surface area contributed by atoms with Crippen LogP contribution in [0.1, 0.15) is 15.9 Å². The van der Waals surface area contributed by atoms with Crippen LogP contribution in [0.3, 0.4) is 0 Å². The number of halogens is 4. The maximum atomic E-state index is 13.0. The number of carbonyl (C=O) groups is 1. The average molecular weight is 449 g/mol. The lowest BCUT2D eigenvalue weighted by atomic mass is 10.1. The van der Waals surface area contributed by atoms with E-state index in [0.29, 0.717) is 6.07 Å². The van der Waals surface area contributed by atoms with Crippen molar-refractivity contribution < 1.29 is 32.4 Å². The van der Waals surface area contributed by atoms with Crippen molar-refractivity contribution in [2.75, 3.05) is 19.5 Å². The molecule has 0 spiro atoms. The Hall–Kier alpha value is -2.82. The van der Waals surface area contributed by atoms with Crippen molar-refractivity contribution in [1.82, 2.24) is 0 Å². The fourth-order valence-electron chi connectivity index (χ4n) is 2.22. The van der Waals surface area contributed by atoms with E-state index in [2.05, 4.69) is 21.2 Å². The predicted octanol–water partition coefficient (Wildman–Crippen LogP) is 4.65. The molecular weight excluding hydrogens is 437 g/mol. The minimum atomic E-state index is -4.64. The first kappa shape index (κ1) is 20.5. The molecule has 0 radical (unpaired) electrons. The van der Waals surface area contributed by atoms with Gasteiger partial charge >= 0.3 is 6.18 Å². The molecule has 0 heterocycles. The Morgan fingerprint density at radius 2 is 1.74 bits per heavy atom. The van der Waals surface area contributed by atoms with Gasteiger partial charge in [-0.25, -0.2) is 0 Å². The van der Waals surface area contributed by atoms with Gasteiger partial charge in [-0.3, -0.25) is 14.9 Å². The van der Waals surface area contributed by atoms with E-state index in [9.17, 15) is 28.1 Å². The molecule has 2 aromatic carbocycles. The third kappa shape index (κ3) is 4.48. The van der Waals surface area contributed by atoms with Crippen molar-refractivity contribution in [2.24, 2.45) is 0 Å². The van der Waals surface area contributed by atoms with E-state index in [1.165, 1.54) is 20.3 Å². The average Bonchev–Trinajstić information content (AvgIpc) is 2.60. The molecule has 0 saturated carbocycles. The zero-order valence-corrected chi connectivity index (χ0v) is 15.5. The van der Waals surface area contributed by atoms with Crippen LogP contribution >= 0.6 is 15.9 Å². The Labute approximate surface area is 159 Å². The first-order valence-corrected chi connectivity index (χ1v) is 7.96. The summed E-state index contributed by atoms with van der Waals surface area (Å²) in [5, 5.41) is 13.5. The highest BCUT2D eigenvalue weighted by Crippen LogP contribution is 2.37. The van der Waals surface area contributed by atoms with E-state index in [1.54, 1.807) is 0 Å². The SMILES string of the molecule is COc1cc(C(=O)Nc2ccc(Br)c(C(F)(F)F)c2)c([N+](=O)[O-])cc1OC. The van der Waals surface area contributed by atoms with E-state index in [-0.39, 0.29) is 21.7 Å². The van der Waals surface area contributed by atoms with Crippen molar-refractivity contribution in [3.05, 3.63) is 56.0 Å². The first-order valence-electron chi connectivity index (χ1n) is 7.17. The largest absolute Gasteiger partial charge is 0.493 e. The number of nitrogens with zero attached hydrogens (tertiary/aromatic N) is 1. The number of alkyl halides is 3. The number of carbonyl (C=O) groups excluding carboxylic acids is 1. The zero-order valence-electron chi connectivity index (χ0n) is 13.9. The van der Waals surface area contributed by atoms with Crippen molar-refractivity contribution >= 4 is 33.2 Å². The van der Waals surface area contributed by atoms with E-state index in [0.717, 1.165) is 18.2 Å². The third-order valence-corrected chi connectivity index (χ3v) is 4.16. The molecule has 0 unspecified atom stereocenters. The van der Waals surface area contributed by atoms with Gasteiger partial charge in [0.1, 0.15) is 5.56 Å². The van der Waals surface area contributed by atoms with Crippen molar-refractivity contribution in [1.29, 1.82) is 0 Å². The fourth-order valence-corrected chi connectivity index (χ4v) is 2.69. The lowest BCUT2D eigenvalue weighted by Crippen LogP contribution is -2.15. The highest BCUT2D eigenvalue weighted by Gasteiger charge is 2.33. The molecule has 0 atom stereocenters. The van der Waals surface area contributed by atoms with E-state index in [4.69, 9.17) is 9.47 Å². The molecule has 0 aliphatic rings. The van der Waals surface area contributed by atoms with Crippen LogP contribution in [0.5, 0.6) is 11.5 Å². The van der Waals surface area contributed by atoms with E-state index < -0.39 is 33.8 Å². The Bertz CT molecular complexity index is 902. The second kappa shape index (κ2) is 7.82. The molecule has 144 valence electrons. The van der Waals surface area contributed by atoms with Gasteiger partial charge in [0, 0.05) is 16.2 Å². The van der Waals surface area contributed by atoms with Crippen LogP contribution in [-0.2, 0) is 6.18 Å². The van der Waals surface area contributed by atoms with Crippen LogP contribution in [0, 0.1) is 10.1 Å². The van der Waals surface area contributed by atoms with Gasteiger partial charge in [0.25, 0.3) is 11.6 Å². The van der Waals surface area contributed by atoms with Crippen LogP contribution < -0.4 is 14.8 Å². The Morgan fingerprint density at radius 1 is 1.15 bits per heavy atom. The Kier molecular flexibility index (Phi) is 5.94. The summed E-state index contributed by atoms with van der Waals surface area (Å²) in [6.07, 6.45) is -4.64. The van der Waals surface area contributed by atoms with Crippen molar-refractivity contribution in [2.45, 2.75) is 6.18 Å². The quantitative estimate of drug-likeness (QED) is 0.531. The molecule has 2 aromatic rings. The van der Waals surface area contributed by atoms with Crippen LogP contribution in [0.4, 0.5) is 24.5 Å².